The fourth-order valence-electron chi connectivity index (χ4n) is 1.93. The van der Waals surface area contributed by atoms with Gasteiger partial charge in [0, 0.05) is 12.1 Å². The second-order valence-corrected chi connectivity index (χ2v) is 4.63. The summed E-state index contributed by atoms with van der Waals surface area (Å²) < 4.78 is 5.62. The van der Waals surface area contributed by atoms with Crippen LogP contribution in [-0.2, 0) is 0 Å². The molecule has 2 rings (SSSR count). The molecule has 1 aliphatic rings. The van der Waals surface area contributed by atoms with Crippen molar-refractivity contribution in [1.29, 1.82) is 0 Å². The van der Waals surface area contributed by atoms with Crippen LogP contribution < -0.4 is 4.74 Å². The zero-order valence-electron chi connectivity index (χ0n) is 10.1. The Morgan fingerprint density at radius 3 is 3.11 bits per heavy atom. The van der Waals surface area contributed by atoms with Crippen molar-refractivity contribution in [3.63, 3.8) is 0 Å². The van der Waals surface area contributed by atoms with Crippen molar-refractivity contribution in [3.8, 4) is 18.1 Å². The van der Waals surface area contributed by atoms with E-state index in [1.165, 1.54) is 0 Å². The van der Waals surface area contributed by atoms with Crippen molar-refractivity contribution in [2.75, 3.05) is 13.2 Å². The zero-order valence-corrected chi connectivity index (χ0v) is 10.9. The maximum Gasteiger partial charge on any atom is 0.376 e. The number of hydrogen-bond donors (Lipinski definition) is 1. The van der Waals surface area contributed by atoms with Crippen LogP contribution in [0.1, 0.15) is 12.0 Å². The van der Waals surface area contributed by atoms with Gasteiger partial charge in [-0.2, -0.15) is 0 Å². The summed E-state index contributed by atoms with van der Waals surface area (Å²) in [6, 6.07) is 1.94. The quantitative estimate of drug-likeness (QED) is 0.505. The minimum absolute atomic E-state index is 0.245. The lowest BCUT2D eigenvalue weighted by molar-refractivity contribution is 0.110. The van der Waals surface area contributed by atoms with Gasteiger partial charge in [0.2, 0.25) is 0 Å². The van der Waals surface area contributed by atoms with Crippen LogP contribution >= 0.6 is 11.6 Å². The molecule has 2 heterocycles. The number of terminal acetylenes is 1. The summed E-state index contributed by atoms with van der Waals surface area (Å²) in [6.45, 7) is 3.17. The third-order valence-electron chi connectivity index (χ3n) is 3.08. The van der Waals surface area contributed by atoms with Crippen LogP contribution in [0.2, 0.25) is 12.0 Å². The summed E-state index contributed by atoms with van der Waals surface area (Å²) >= 11 is 5.81. The molecule has 1 aliphatic heterocycles. The lowest BCUT2D eigenvalue weighted by atomic mass is 9.78. The second-order valence-electron chi connectivity index (χ2n) is 4.28. The van der Waals surface area contributed by atoms with Gasteiger partial charge < -0.3 is 14.6 Å². The standard InChI is InChI=1S/C12H14BClN2O2/c1-3-9-6-11(7-15-12(9)14)18-8-10-4-5-16(10)13(2)17/h1,6-7,10,17H,4-5,8H2,2H3/t10-/m0/s1. The lowest BCUT2D eigenvalue weighted by Crippen LogP contribution is -2.57. The van der Waals surface area contributed by atoms with Crippen LogP contribution in [0.4, 0.5) is 0 Å². The van der Waals surface area contributed by atoms with E-state index in [-0.39, 0.29) is 6.04 Å². The van der Waals surface area contributed by atoms with Gasteiger partial charge in [-0.3, -0.25) is 0 Å². The highest BCUT2D eigenvalue weighted by Gasteiger charge is 2.33. The number of hydrogen-bond acceptors (Lipinski definition) is 4. The molecule has 1 saturated heterocycles. The van der Waals surface area contributed by atoms with Gasteiger partial charge in [0.25, 0.3) is 0 Å². The van der Waals surface area contributed by atoms with Crippen molar-refractivity contribution in [2.45, 2.75) is 19.3 Å². The molecule has 0 spiro atoms. The summed E-state index contributed by atoms with van der Waals surface area (Å²) in [5.74, 6) is 3.06. The molecule has 1 atom stereocenters. The first-order valence-electron chi connectivity index (χ1n) is 5.80. The zero-order chi connectivity index (χ0) is 13.1. The maximum atomic E-state index is 9.47. The first-order valence-corrected chi connectivity index (χ1v) is 6.18. The van der Waals surface area contributed by atoms with Crippen LogP contribution in [0.3, 0.4) is 0 Å². The molecule has 0 aliphatic carbocycles. The highest BCUT2D eigenvalue weighted by atomic mass is 35.5. The van der Waals surface area contributed by atoms with E-state index in [1.54, 1.807) is 19.1 Å². The summed E-state index contributed by atoms with van der Waals surface area (Å²) in [7, 11) is -0.433. The number of ether oxygens (including phenoxy) is 1. The third kappa shape index (κ3) is 2.78. The van der Waals surface area contributed by atoms with Crippen LogP contribution in [0.25, 0.3) is 0 Å². The number of pyridine rings is 1. The van der Waals surface area contributed by atoms with E-state index in [0.29, 0.717) is 23.1 Å². The number of rotatable bonds is 4. The molecule has 0 amide bonds. The Morgan fingerprint density at radius 1 is 1.78 bits per heavy atom. The van der Waals surface area contributed by atoms with Gasteiger partial charge in [-0.05, 0) is 19.8 Å². The van der Waals surface area contributed by atoms with Crippen molar-refractivity contribution >= 4 is 18.7 Å². The van der Waals surface area contributed by atoms with E-state index in [2.05, 4.69) is 10.9 Å². The normalized spacial score (nSPS) is 18.9. The van der Waals surface area contributed by atoms with Crippen molar-refractivity contribution in [2.24, 2.45) is 0 Å². The fraction of sp³-hybridized carbons (Fsp3) is 0.417. The Balaban J connectivity index is 1.93. The monoisotopic (exact) mass is 264 g/mol. The highest BCUT2D eigenvalue weighted by Crippen LogP contribution is 2.22. The van der Waals surface area contributed by atoms with Gasteiger partial charge in [0.15, 0.2) is 0 Å². The Labute approximate surface area is 112 Å². The number of halogens is 1. The Morgan fingerprint density at radius 2 is 2.56 bits per heavy atom. The molecule has 4 nitrogen and oxygen atoms in total. The topological polar surface area (TPSA) is 45.6 Å². The summed E-state index contributed by atoms with van der Waals surface area (Å²) in [5.41, 5.74) is 0.523. The summed E-state index contributed by atoms with van der Waals surface area (Å²) in [6.07, 6.45) is 7.88. The third-order valence-corrected chi connectivity index (χ3v) is 3.38. The van der Waals surface area contributed by atoms with Crippen molar-refractivity contribution < 1.29 is 9.76 Å². The van der Waals surface area contributed by atoms with Crippen molar-refractivity contribution in [3.05, 3.63) is 23.0 Å². The van der Waals surface area contributed by atoms with E-state index in [1.807, 2.05) is 4.81 Å². The number of nitrogens with zero attached hydrogens (tertiary/aromatic N) is 2. The smallest absolute Gasteiger partial charge is 0.376 e. The molecule has 1 fully saturated rings. The second kappa shape index (κ2) is 5.62. The van der Waals surface area contributed by atoms with Gasteiger partial charge in [0.1, 0.15) is 17.5 Å². The minimum Gasteiger partial charge on any atom is -0.490 e. The minimum atomic E-state index is -0.433. The molecule has 0 aromatic carbocycles. The molecule has 94 valence electrons. The average molecular weight is 265 g/mol. The van der Waals surface area contributed by atoms with E-state index in [4.69, 9.17) is 22.8 Å². The van der Waals surface area contributed by atoms with Crippen LogP contribution in [0.5, 0.6) is 5.75 Å². The summed E-state index contributed by atoms with van der Waals surface area (Å²) in [5, 5.41) is 9.78. The largest absolute Gasteiger partial charge is 0.490 e. The molecule has 1 aromatic heterocycles. The fourth-order valence-corrected chi connectivity index (χ4v) is 2.09. The van der Waals surface area contributed by atoms with E-state index in [0.717, 1.165) is 13.0 Å². The van der Waals surface area contributed by atoms with Gasteiger partial charge in [-0.25, -0.2) is 4.98 Å². The molecular formula is C12H14BClN2O2. The molecule has 0 radical (unpaired) electrons. The molecular weight excluding hydrogens is 250 g/mol. The van der Waals surface area contributed by atoms with E-state index >= 15 is 0 Å². The predicted molar refractivity (Wildman–Crippen MR) is 71.6 cm³/mol. The van der Waals surface area contributed by atoms with E-state index < -0.39 is 7.05 Å². The Bertz CT molecular complexity index is 476. The average Bonchev–Trinajstić information content (AvgIpc) is 2.29. The molecule has 0 bridgehead atoms. The van der Waals surface area contributed by atoms with Gasteiger partial charge in [-0.15, -0.1) is 6.42 Å². The molecule has 0 saturated carbocycles. The SMILES string of the molecule is C#Cc1cc(OC[C@@H]2CCN2B(C)O)cnc1Cl. The van der Waals surface area contributed by atoms with Crippen molar-refractivity contribution in [1.82, 2.24) is 9.79 Å². The predicted octanol–water partition coefficient (Wildman–Crippen LogP) is 1.28. The molecule has 1 aromatic rings. The Kier molecular flexibility index (Phi) is 4.13. The summed E-state index contributed by atoms with van der Waals surface area (Å²) in [4.78, 5) is 5.94. The van der Waals surface area contributed by atoms with Crippen LogP contribution in [0.15, 0.2) is 12.3 Å². The van der Waals surface area contributed by atoms with Gasteiger partial charge >= 0.3 is 7.05 Å². The number of aromatic nitrogens is 1. The molecule has 0 unspecified atom stereocenters. The van der Waals surface area contributed by atoms with Gasteiger partial charge in [0.05, 0.1) is 11.8 Å². The van der Waals surface area contributed by atoms with E-state index in [9.17, 15) is 5.02 Å². The first kappa shape index (κ1) is 13.2. The highest BCUT2D eigenvalue weighted by molar-refractivity contribution is 6.45. The molecule has 18 heavy (non-hydrogen) atoms. The molecule has 6 heteroatoms. The Hall–Kier alpha value is -1.22. The van der Waals surface area contributed by atoms with Crippen LogP contribution in [0, 0.1) is 12.3 Å². The molecule has 1 N–H and O–H groups in total. The van der Waals surface area contributed by atoms with Crippen LogP contribution in [-0.4, -0.2) is 41.1 Å². The van der Waals surface area contributed by atoms with Gasteiger partial charge in [-0.1, -0.05) is 17.5 Å². The first-order chi connectivity index (χ1) is 8.61. The maximum absolute atomic E-state index is 9.47. The lowest BCUT2D eigenvalue weighted by Gasteiger charge is -2.41.